The molecular formula is C36H62N2O. The number of nitrogen functional groups attached to an aromatic ring is 2. The lowest BCUT2D eigenvalue weighted by atomic mass is 9.44. The van der Waals surface area contributed by atoms with E-state index >= 15 is 0 Å². The first-order valence-electron chi connectivity index (χ1n) is 17.0. The molecule has 1 aromatic carbocycles. The zero-order valence-electron chi connectivity index (χ0n) is 26.6. The van der Waals surface area contributed by atoms with Crippen LogP contribution in [-0.4, -0.2) is 6.10 Å². The van der Waals surface area contributed by atoms with Crippen LogP contribution in [-0.2, 0) is 0 Å². The van der Waals surface area contributed by atoms with Crippen LogP contribution in [0.4, 0.5) is 11.4 Å². The van der Waals surface area contributed by atoms with Crippen molar-refractivity contribution in [2.75, 3.05) is 11.5 Å². The van der Waals surface area contributed by atoms with Crippen LogP contribution in [0.25, 0.3) is 0 Å². The van der Waals surface area contributed by atoms with Crippen molar-refractivity contribution in [3.63, 3.8) is 0 Å². The number of hydrogen-bond donors (Lipinski definition) is 2. The molecule has 4 saturated carbocycles. The third-order valence-electron chi connectivity index (χ3n) is 12.8. The molecule has 4 aliphatic carbocycles. The third-order valence-corrected chi connectivity index (χ3v) is 12.8. The van der Waals surface area contributed by atoms with Crippen molar-refractivity contribution in [1.29, 1.82) is 0 Å². The van der Waals surface area contributed by atoms with Crippen molar-refractivity contribution < 1.29 is 4.74 Å². The van der Waals surface area contributed by atoms with E-state index in [9.17, 15) is 0 Å². The van der Waals surface area contributed by atoms with Crippen molar-refractivity contribution in [2.45, 2.75) is 138 Å². The molecule has 3 heteroatoms. The van der Waals surface area contributed by atoms with Gasteiger partial charge in [-0.1, -0.05) is 74.1 Å². The maximum absolute atomic E-state index is 6.47. The van der Waals surface area contributed by atoms with E-state index in [0.717, 1.165) is 53.6 Å². The highest BCUT2D eigenvalue weighted by Gasteiger charge is 2.60. The first kappa shape index (κ1) is 30.6. The van der Waals surface area contributed by atoms with Crippen LogP contribution in [0, 0.1) is 52.3 Å². The Hall–Kier alpha value is -1.38. The summed E-state index contributed by atoms with van der Waals surface area (Å²) in [6, 6.07) is 5.69. The van der Waals surface area contributed by atoms with E-state index in [1.807, 2.05) is 32.0 Å². The minimum atomic E-state index is 0.293. The minimum Gasteiger partial charge on any atom is -0.488 e. The largest absolute Gasteiger partial charge is 0.488 e. The lowest BCUT2D eigenvalue weighted by molar-refractivity contribution is -0.126. The van der Waals surface area contributed by atoms with E-state index in [1.54, 1.807) is 0 Å². The monoisotopic (exact) mass is 538 g/mol. The van der Waals surface area contributed by atoms with Crippen LogP contribution in [0.5, 0.6) is 5.75 Å². The predicted molar refractivity (Wildman–Crippen MR) is 169 cm³/mol. The van der Waals surface area contributed by atoms with Gasteiger partial charge in [-0.15, -0.1) is 0 Å². The summed E-state index contributed by atoms with van der Waals surface area (Å²) < 4.78 is 6.47. The number of hydrogen-bond acceptors (Lipinski definition) is 3. The Labute approximate surface area is 241 Å². The summed E-state index contributed by atoms with van der Waals surface area (Å²) in [4.78, 5) is 0. The zero-order valence-corrected chi connectivity index (χ0v) is 26.6. The summed E-state index contributed by atoms with van der Waals surface area (Å²) in [5.41, 5.74) is 14.6. The molecule has 4 aliphatic rings. The Morgan fingerprint density at radius 1 is 0.897 bits per heavy atom. The van der Waals surface area contributed by atoms with Gasteiger partial charge in [0.25, 0.3) is 0 Å². The standard InChI is InChI=1S/C34H56N2O.C2H6/c1-6-22(2)8-7-9-23(3)28-13-14-29-27-12-10-24-20-26(37-32-15-11-25(35)21-31(32)36)16-18-33(24,4)30(27)17-19-34(28,29)5;1-2/h11,15,21-24,26-30H,6-10,12-14,16-20,35-36H2,1-5H3;1-2H3. The van der Waals surface area contributed by atoms with Crippen LogP contribution in [0.2, 0.25) is 0 Å². The average molecular weight is 539 g/mol. The highest BCUT2D eigenvalue weighted by atomic mass is 16.5. The molecule has 39 heavy (non-hydrogen) atoms. The van der Waals surface area contributed by atoms with Crippen LogP contribution >= 0.6 is 0 Å². The van der Waals surface area contributed by atoms with Gasteiger partial charge in [-0.3, -0.25) is 0 Å². The molecule has 0 amide bonds. The van der Waals surface area contributed by atoms with E-state index in [-0.39, 0.29) is 0 Å². The summed E-state index contributed by atoms with van der Waals surface area (Å²) in [6.07, 6.45) is 18.4. The molecule has 4 fully saturated rings. The molecular weight excluding hydrogens is 476 g/mol. The molecule has 0 bridgehead atoms. The molecule has 0 aliphatic heterocycles. The predicted octanol–water partition coefficient (Wildman–Crippen LogP) is 10.1. The van der Waals surface area contributed by atoms with Gasteiger partial charge in [-0.05, 0) is 128 Å². The van der Waals surface area contributed by atoms with E-state index in [4.69, 9.17) is 16.2 Å². The second-order valence-electron chi connectivity index (χ2n) is 14.6. The Balaban J connectivity index is 0.00000172. The number of anilines is 2. The molecule has 0 aromatic heterocycles. The lowest BCUT2D eigenvalue weighted by Gasteiger charge is -2.61. The van der Waals surface area contributed by atoms with Gasteiger partial charge in [-0.2, -0.15) is 0 Å². The second-order valence-corrected chi connectivity index (χ2v) is 14.6. The van der Waals surface area contributed by atoms with Gasteiger partial charge >= 0.3 is 0 Å². The Bertz CT molecular complexity index is 931. The minimum absolute atomic E-state index is 0.293. The van der Waals surface area contributed by atoms with E-state index in [2.05, 4.69) is 34.6 Å². The molecule has 0 spiro atoms. The van der Waals surface area contributed by atoms with Gasteiger partial charge < -0.3 is 16.2 Å². The number of ether oxygens (including phenoxy) is 1. The quantitative estimate of drug-likeness (QED) is 0.324. The molecule has 4 N–H and O–H groups in total. The molecule has 10 atom stereocenters. The molecule has 3 nitrogen and oxygen atoms in total. The maximum atomic E-state index is 6.47. The molecule has 0 saturated heterocycles. The average Bonchev–Trinajstić information content (AvgIpc) is 3.28. The fourth-order valence-corrected chi connectivity index (χ4v) is 10.3. The van der Waals surface area contributed by atoms with Crippen molar-refractivity contribution in [2.24, 2.45) is 52.3 Å². The third kappa shape index (κ3) is 5.99. The van der Waals surface area contributed by atoms with Gasteiger partial charge in [0.05, 0.1) is 11.8 Å². The molecule has 0 radical (unpaired) electrons. The first-order valence-corrected chi connectivity index (χ1v) is 17.0. The second kappa shape index (κ2) is 12.6. The fourth-order valence-electron chi connectivity index (χ4n) is 10.3. The lowest BCUT2D eigenvalue weighted by Crippen LogP contribution is -2.54. The van der Waals surface area contributed by atoms with Crippen molar-refractivity contribution >= 4 is 11.4 Å². The Morgan fingerprint density at radius 3 is 2.33 bits per heavy atom. The topological polar surface area (TPSA) is 61.3 Å². The van der Waals surface area contributed by atoms with Gasteiger partial charge in [-0.25, -0.2) is 0 Å². The Morgan fingerprint density at radius 2 is 1.62 bits per heavy atom. The van der Waals surface area contributed by atoms with Gasteiger partial charge in [0.1, 0.15) is 5.75 Å². The van der Waals surface area contributed by atoms with Gasteiger partial charge in [0.15, 0.2) is 0 Å². The van der Waals surface area contributed by atoms with Crippen LogP contribution in [0.15, 0.2) is 18.2 Å². The maximum Gasteiger partial charge on any atom is 0.142 e. The highest BCUT2D eigenvalue weighted by Crippen LogP contribution is 2.68. The van der Waals surface area contributed by atoms with E-state index in [1.165, 1.54) is 77.0 Å². The normalized spacial score (nSPS) is 38.8. The Kier molecular flexibility index (Phi) is 9.91. The van der Waals surface area contributed by atoms with Crippen LogP contribution in [0.1, 0.15) is 132 Å². The number of benzene rings is 1. The van der Waals surface area contributed by atoms with Gasteiger partial charge in [0, 0.05) is 5.69 Å². The molecule has 0 heterocycles. The molecule has 1 aromatic rings. The number of fused-ring (bicyclic) bond motifs is 5. The van der Waals surface area contributed by atoms with Crippen molar-refractivity contribution in [3.8, 4) is 5.75 Å². The summed E-state index contributed by atoms with van der Waals surface area (Å²) in [6.45, 7) is 16.8. The van der Waals surface area contributed by atoms with E-state index < -0.39 is 0 Å². The number of nitrogens with two attached hydrogens (primary N) is 2. The molecule has 222 valence electrons. The van der Waals surface area contributed by atoms with Crippen LogP contribution in [0.3, 0.4) is 0 Å². The van der Waals surface area contributed by atoms with Gasteiger partial charge in [0.2, 0.25) is 0 Å². The summed E-state index contributed by atoms with van der Waals surface area (Å²) in [5, 5.41) is 0. The summed E-state index contributed by atoms with van der Waals surface area (Å²) in [7, 11) is 0. The fraction of sp³-hybridized carbons (Fsp3) is 0.833. The summed E-state index contributed by atoms with van der Waals surface area (Å²) >= 11 is 0. The smallest absolute Gasteiger partial charge is 0.142 e. The van der Waals surface area contributed by atoms with Crippen molar-refractivity contribution in [3.05, 3.63) is 18.2 Å². The SMILES string of the molecule is CC.CCC(C)CCCC(C)C1CCC2C3CCC4CC(Oc5ccc(N)cc5N)CCC4(C)C3CCC12C. The summed E-state index contributed by atoms with van der Waals surface area (Å²) in [5.74, 6) is 7.22. The number of rotatable bonds is 8. The molecule has 10 unspecified atom stereocenters. The highest BCUT2D eigenvalue weighted by molar-refractivity contribution is 5.60. The van der Waals surface area contributed by atoms with Crippen molar-refractivity contribution in [1.82, 2.24) is 0 Å². The van der Waals surface area contributed by atoms with Crippen LogP contribution < -0.4 is 16.2 Å². The zero-order chi connectivity index (χ0) is 28.4. The van der Waals surface area contributed by atoms with E-state index in [0.29, 0.717) is 28.3 Å². The molecule has 5 rings (SSSR count). The first-order chi connectivity index (χ1) is 18.7.